The van der Waals surface area contributed by atoms with E-state index in [1.165, 1.54) is 0 Å². The summed E-state index contributed by atoms with van der Waals surface area (Å²) >= 11 is 0. The normalized spacial score (nSPS) is 10.3. The Morgan fingerprint density at radius 3 is 2.19 bits per heavy atom. The van der Waals surface area contributed by atoms with Crippen LogP contribution in [0.5, 0.6) is 0 Å². The maximum atomic E-state index is 11.3. The Hall–Kier alpha value is -3.35. The maximum Gasteiger partial charge on any atom is 0.419 e. The average molecular weight is 356 g/mol. The molecule has 0 saturated carbocycles. The quantitative estimate of drug-likeness (QED) is 0.575. The number of aromatic carboxylic acids is 1. The van der Waals surface area contributed by atoms with E-state index in [1.54, 1.807) is 19.1 Å². The van der Waals surface area contributed by atoms with Crippen LogP contribution in [0.15, 0.2) is 38.3 Å². The first kappa shape index (κ1) is 19.0. The van der Waals surface area contributed by atoms with Crippen LogP contribution in [-0.4, -0.2) is 16.1 Å². The first-order valence-corrected chi connectivity index (χ1v) is 7.84. The topological polar surface area (TPSA) is 126 Å². The molecule has 4 N–H and O–H groups in total. The summed E-state index contributed by atoms with van der Waals surface area (Å²) < 4.78 is 4.43. The number of aryl methyl sites for hydroxylation is 4. The molecule has 0 atom stereocenters. The van der Waals surface area contributed by atoms with Gasteiger partial charge in [-0.2, -0.15) is 0 Å². The van der Waals surface area contributed by atoms with E-state index in [1.807, 2.05) is 32.9 Å². The number of benzene rings is 2. The summed E-state index contributed by atoms with van der Waals surface area (Å²) in [6.07, 6.45) is 0. The van der Waals surface area contributed by atoms with Crippen LogP contribution in [0.4, 0.5) is 5.69 Å². The third kappa shape index (κ3) is 4.00. The molecule has 2 aromatic carbocycles. The molecular formula is C19H20N2O5. The summed E-state index contributed by atoms with van der Waals surface area (Å²) in [5.74, 6) is -1.69. The average Bonchev–Trinajstić information content (AvgIpc) is 2.52. The van der Waals surface area contributed by atoms with Crippen molar-refractivity contribution in [3.63, 3.8) is 0 Å². The SMILES string of the molecule is Cc1cc(C)c(N)c(C(=O)O)c1.Cc1cc(C)c2[nH]c(=O)oc(=O)c2c1. The first-order valence-electron chi connectivity index (χ1n) is 7.84. The van der Waals surface area contributed by atoms with Crippen LogP contribution in [0.3, 0.4) is 0 Å². The number of fused-ring (bicyclic) bond motifs is 1. The Labute approximate surface area is 149 Å². The number of carboxylic acid groups (broad SMARTS) is 1. The minimum atomic E-state index is -0.973. The van der Waals surface area contributed by atoms with Crippen molar-refractivity contribution in [2.75, 3.05) is 5.73 Å². The lowest BCUT2D eigenvalue weighted by atomic mass is 10.0. The predicted octanol–water partition coefficient (Wildman–Crippen LogP) is 2.68. The molecule has 26 heavy (non-hydrogen) atoms. The van der Waals surface area contributed by atoms with E-state index < -0.39 is 17.4 Å². The highest BCUT2D eigenvalue weighted by molar-refractivity contribution is 5.94. The molecule has 0 amide bonds. The molecular weight excluding hydrogens is 336 g/mol. The molecule has 0 spiro atoms. The molecule has 3 rings (SSSR count). The van der Waals surface area contributed by atoms with E-state index in [2.05, 4.69) is 9.40 Å². The summed E-state index contributed by atoms with van der Waals surface area (Å²) in [6, 6.07) is 7.04. The van der Waals surface area contributed by atoms with Crippen LogP contribution in [0.2, 0.25) is 0 Å². The van der Waals surface area contributed by atoms with Crippen molar-refractivity contribution in [2.24, 2.45) is 0 Å². The minimum absolute atomic E-state index is 0.188. The van der Waals surface area contributed by atoms with Gasteiger partial charge in [0.25, 0.3) is 0 Å². The summed E-state index contributed by atoms with van der Waals surface area (Å²) in [5.41, 5.74) is 9.64. The number of nitrogens with two attached hydrogens (primary N) is 1. The molecule has 0 unspecified atom stereocenters. The van der Waals surface area contributed by atoms with Gasteiger partial charge in [-0.05, 0) is 62.1 Å². The lowest BCUT2D eigenvalue weighted by Gasteiger charge is -2.05. The van der Waals surface area contributed by atoms with Gasteiger partial charge < -0.3 is 15.3 Å². The van der Waals surface area contributed by atoms with Gasteiger partial charge in [-0.25, -0.2) is 14.4 Å². The second-order valence-electron chi connectivity index (χ2n) is 6.15. The first-order chi connectivity index (χ1) is 12.1. The van der Waals surface area contributed by atoms with Crippen molar-refractivity contribution >= 4 is 22.6 Å². The molecule has 0 aliphatic heterocycles. The third-order valence-electron chi connectivity index (χ3n) is 3.87. The van der Waals surface area contributed by atoms with Crippen molar-refractivity contribution in [3.8, 4) is 0 Å². The number of carboxylic acids is 1. The van der Waals surface area contributed by atoms with E-state index in [9.17, 15) is 14.4 Å². The molecule has 0 fully saturated rings. The molecule has 0 aliphatic rings. The van der Waals surface area contributed by atoms with Crippen LogP contribution in [0, 0.1) is 27.7 Å². The number of aromatic nitrogens is 1. The molecule has 7 heteroatoms. The third-order valence-corrected chi connectivity index (χ3v) is 3.87. The molecule has 136 valence electrons. The lowest BCUT2D eigenvalue weighted by molar-refractivity contribution is 0.0698. The van der Waals surface area contributed by atoms with Crippen LogP contribution in [0.25, 0.3) is 10.9 Å². The van der Waals surface area contributed by atoms with Gasteiger partial charge in [-0.3, -0.25) is 4.98 Å². The Balaban J connectivity index is 0.000000190. The number of anilines is 1. The summed E-state index contributed by atoms with van der Waals surface area (Å²) in [7, 11) is 0. The Morgan fingerprint density at radius 1 is 1.00 bits per heavy atom. The monoisotopic (exact) mass is 356 g/mol. The van der Waals surface area contributed by atoms with Crippen molar-refractivity contribution < 1.29 is 14.3 Å². The van der Waals surface area contributed by atoms with E-state index in [4.69, 9.17) is 10.8 Å². The smallest absolute Gasteiger partial charge is 0.419 e. The molecule has 0 bridgehead atoms. The van der Waals surface area contributed by atoms with Crippen molar-refractivity contribution in [1.82, 2.24) is 4.98 Å². The van der Waals surface area contributed by atoms with Gasteiger partial charge in [0.05, 0.1) is 16.5 Å². The fourth-order valence-electron chi connectivity index (χ4n) is 2.72. The molecule has 0 saturated heterocycles. The standard InChI is InChI=1S/C10H9NO3.C9H11NO2/c1-5-3-6(2)8-7(4-5)9(12)14-10(13)11-8;1-5-3-6(2)8(10)7(4-5)9(11)12/h3-4H,1-2H3,(H,11,13);3-4H,10H2,1-2H3,(H,11,12). The molecule has 7 nitrogen and oxygen atoms in total. The van der Waals surface area contributed by atoms with Gasteiger partial charge in [0.15, 0.2) is 0 Å². The van der Waals surface area contributed by atoms with Crippen molar-refractivity contribution in [3.05, 3.63) is 73.1 Å². The van der Waals surface area contributed by atoms with Gasteiger partial charge in [0.1, 0.15) is 0 Å². The van der Waals surface area contributed by atoms with Crippen LogP contribution >= 0.6 is 0 Å². The van der Waals surface area contributed by atoms with Crippen molar-refractivity contribution in [1.29, 1.82) is 0 Å². The zero-order chi connectivity index (χ0) is 19.6. The number of hydrogen-bond acceptors (Lipinski definition) is 5. The number of aromatic amines is 1. The van der Waals surface area contributed by atoms with Gasteiger partial charge in [0, 0.05) is 5.69 Å². The van der Waals surface area contributed by atoms with Crippen LogP contribution in [0.1, 0.15) is 32.6 Å². The summed E-state index contributed by atoms with van der Waals surface area (Å²) in [5, 5.41) is 9.15. The van der Waals surface area contributed by atoms with Gasteiger partial charge in [0.2, 0.25) is 0 Å². The fourth-order valence-corrected chi connectivity index (χ4v) is 2.72. The van der Waals surface area contributed by atoms with Crippen LogP contribution < -0.4 is 17.1 Å². The van der Waals surface area contributed by atoms with E-state index >= 15 is 0 Å². The Kier molecular flexibility index (Phi) is 5.30. The second kappa shape index (κ2) is 7.26. The number of carbonyl (C=O) groups is 1. The van der Waals surface area contributed by atoms with Gasteiger partial charge in [-0.1, -0.05) is 12.1 Å². The predicted molar refractivity (Wildman–Crippen MR) is 99.9 cm³/mol. The molecule has 1 heterocycles. The lowest BCUT2D eigenvalue weighted by Crippen LogP contribution is -2.15. The van der Waals surface area contributed by atoms with Gasteiger partial charge in [-0.15, -0.1) is 0 Å². The number of nitrogens with one attached hydrogen (secondary N) is 1. The Bertz CT molecular complexity index is 1110. The molecule has 1 aromatic heterocycles. The largest absolute Gasteiger partial charge is 0.478 e. The number of H-pyrrole nitrogens is 1. The zero-order valence-corrected chi connectivity index (χ0v) is 15.0. The summed E-state index contributed by atoms with van der Waals surface area (Å²) in [4.78, 5) is 35.4. The van der Waals surface area contributed by atoms with Crippen molar-refractivity contribution in [2.45, 2.75) is 27.7 Å². The van der Waals surface area contributed by atoms with E-state index in [-0.39, 0.29) is 5.56 Å². The summed E-state index contributed by atoms with van der Waals surface area (Å²) in [6.45, 7) is 7.37. The maximum absolute atomic E-state index is 11.3. The number of hydrogen-bond donors (Lipinski definition) is 3. The molecule has 3 aromatic rings. The number of rotatable bonds is 1. The minimum Gasteiger partial charge on any atom is -0.478 e. The molecule has 0 radical (unpaired) electrons. The fraction of sp³-hybridized carbons (Fsp3) is 0.211. The second-order valence-corrected chi connectivity index (χ2v) is 6.15. The number of nitrogen functional groups attached to an aromatic ring is 1. The van der Waals surface area contributed by atoms with Gasteiger partial charge >= 0.3 is 17.4 Å². The van der Waals surface area contributed by atoms with E-state index in [0.29, 0.717) is 16.6 Å². The van der Waals surface area contributed by atoms with E-state index in [0.717, 1.165) is 22.3 Å². The molecule has 0 aliphatic carbocycles. The highest BCUT2D eigenvalue weighted by Crippen LogP contribution is 2.18. The zero-order valence-electron chi connectivity index (χ0n) is 15.0. The highest BCUT2D eigenvalue weighted by atomic mass is 16.4. The Morgan fingerprint density at radius 2 is 1.58 bits per heavy atom. The highest BCUT2D eigenvalue weighted by Gasteiger charge is 2.09. The van der Waals surface area contributed by atoms with Crippen LogP contribution in [-0.2, 0) is 0 Å².